The van der Waals surface area contributed by atoms with Gasteiger partial charge in [-0.1, -0.05) is 13.3 Å². The zero-order chi connectivity index (χ0) is 16.3. The summed E-state index contributed by atoms with van der Waals surface area (Å²) in [6, 6.07) is 5.91. The van der Waals surface area contributed by atoms with Crippen molar-refractivity contribution in [2.24, 2.45) is 7.05 Å². The van der Waals surface area contributed by atoms with Gasteiger partial charge in [-0.25, -0.2) is 4.79 Å². The molecule has 1 aromatic heterocycles. The molecule has 2 rings (SSSR count). The predicted octanol–water partition coefficient (Wildman–Crippen LogP) is 4.23. The van der Waals surface area contributed by atoms with Crippen LogP contribution < -0.4 is 4.74 Å². The topological polar surface area (TPSA) is 40.5 Å². The summed E-state index contributed by atoms with van der Waals surface area (Å²) in [5.74, 6) is 0.522. The van der Waals surface area contributed by atoms with Crippen molar-refractivity contribution < 1.29 is 14.3 Å². The first-order valence-electron chi connectivity index (χ1n) is 7.92. The van der Waals surface area contributed by atoms with Crippen LogP contribution >= 0.6 is 0 Å². The van der Waals surface area contributed by atoms with E-state index in [2.05, 4.69) is 13.8 Å². The van der Waals surface area contributed by atoms with Gasteiger partial charge in [-0.2, -0.15) is 0 Å². The SMILES string of the molecule is CCC[C@H](C)Oc1ccc2c(c1)c(C(=O)OCC)c(C)n2C. The summed E-state index contributed by atoms with van der Waals surface area (Å²) in [7, 11) is 1.96. The molecule has 0 saturated carbocycles. The third kappa shape index (κ3) is 3.11. The summed E-state index contributed by atoms with van der Waals surface area (Å²) in [4.78, 5) is 12.3. The number of esters is 1. The summed E-state index contributed by atoms with van der Waals surface area (Å²) in [5.41, 5.74) is 2.55. The van der Waals surface area contributed by atoms with Gasteiger partial charge in [-0.05, 0) is 45.4 Å². The van der Waals surface area contributed by atoms with Gasteiger partial charge >= 0.3 is 5.97 Å². The zero-order valence-electron chi connectivity index (χ0n) is 14.1. The molecule has 0 radical (unpaired) electrons. The van der Waals surface area contributed by atoms with Gasteiger partial charge in [-0.15, -0.1) is 0 Å². The molecule has 0 aliphatic heterocycles. The molecular weight excluding hydrogens is 278 g/mol. The van der Waals surface area contributed by atoms with Crippen molar-refractivity contribution in [2.75, 3.05) is 6.61 Å². The van der Waals surface area contributed by atoms with Crippen LogP contribution in [0.15, 0.2) is 18.2 Å². The number of nitrogens with zero attached hydrogens (tertiary/aromatic N) is 1. The van der Waals surface area contributed by atoms with Crippen LogP contribution in [0.4, 0.5) is 0 Å². The first kappa shape index (κ1) is 16.4. The van der Waals surface area contributed by atoms with Crippen LogP contribution in [0.3, 0.4) is 0 Å². The highest BCUT2D eigenvalue weighted by Gasteiger charge is 2.20. The van der Waals surface area contributed by atoms with Crippen LogP contribution in [0.2, 0.25) is 0 Å². The highest BCUT2D eigenvalue weighted by Crippen LogP contribution is 2.29. The maximum atomic E-state index is 12.3. The molecular formula is C18H25NO3. The van der Waals surface area contributed by atoms with E-state index in [1.165, 1.54) is 0 Å². The van der Waals surface area contributed by atoms with Crippen molar-refractivity contribution in [1.29, 1.82) is 0 Å². The minimum atomic E-state index is -0.274. The van der Waals surface area contributed by atoms with E-state index in [0.29, 0.717) is 12.2 Å². The van der Waals surface area contributed by atoms with E-state index < -0.39 is 0 Å². The maximum absolute atomic E-state index is 12.3. The molecule has 4 heteroatoms. The molecule has 4 nitrogen and oxygen atoms in total. The molecule has 0 aliphatic carbocycles. The van der Waals surface area contributed by atoms with E-state index in [-0.39, 0.29) is 12.1 Å². The highest BCUT2D eigenvalue weighted by molar-refractivity contribution is 6.06. The third-order valence-electron chi connectivity index (χ3n) is 3.98. The van der Waals surface area contributed by atoms with Crippen LogP contribution in [0.1, 0.15) is 49.7 Å². The van der Waals surface area contributed by atoms with E-state index in [4.69, 9.17) is 9.47 Å². The monoisotopic (exact) mass is 303 g/mol. The molecule has 0 fully saturated rings. The second-order valence-corrected chi connectivity index (χ2v) is 5.64. The summed E-state index contributed by atoms with van der Waals surface area (Å²) < 4.78 is 13.2. The number of benzene rings is 1. The van der Waals surface area contributed by atoms with Gasteiger partial charge in [0, 0.05) is 23.6 Å². The Hall–Kier alpha value is -1.97. The van der Waals surface area contributed by atoms with E-state index in [0.717, 1.165) is 35.2 Å². The van der Waals surface area contributed by atoms with Gasteiger partial charge < -0.3 is 14.0 Å². The third-order valence-corrected chi connectivity index (χ3v) is 3.98. The van der Waals surface area contributed by atoms with Crippen molar-refractivity contribution in [2.45, 2.75) is 46.6 Å². The maximum Gasteiger partial charge on any atom is 0.340 e. The molecule has 0 spiro atoms. The van der Waals surface area contributed by atoms with Crippen molar-refractivity contribution in [3.8, 4) is 5.75 Å². The Balaban J connectivity index is 2.46. The number of hydrogen-bond donors (Lipinski definition) is 0. The Kier molecular flexibility index (Phi) is 5.11. The number of carbonyl (C=O) groups is 1. The van der Waals surface area contributed by atoms with Crippen molar-refractivity contribution in [3.63, 3.8) is 0 Å². The van der Waals surface area contributed by atoms with E-state index in [9.17, 15) is 4.79 Å². The van der Waals surface area contributed by atoms with Crippen molar-refractivity contribution in [3.05, 3.63) is 29.5 Å². The van der Waals surface area contributed by atoms with Crippen molar-refractivity contribution >= 4 is 16.9 Å². The fraction of sp³-hybridized carbons (Fsp3) is 0.500. The number of carbonyl (C=O) groups excluding carboxylic acids is 1. The highest BCUT2D eigenvalue weighted by atomic mass is 16.5. The molecule has 0 aliphatic rings. The molecule has 0 bridgehead atoms. The molecule has 1 atom stereocenters. The number of fused-ring (bicyclic) bond motifs is 1. The van der Waals surface area contributed by atoms with Crippen LogP contribution in [-0.2, 0) is 11.8 Å². The lowest BCUT2D eigenvalue weighted by Crippen LogP contribution is -2.11. The average Bonchev–Trinajstić information content (AvgIpc) is 2.71. The van der Waals surface area contributed by atoms with Crippen LogP contribution in [-0.4, -0.2) is 23.2 Å². The number of aryl methyl sites for hydroxylation is 1. The number of hydrogen-bond acceptors (Lipinski definition) is 3. The number of ether oxygens (including phenoxy) is 2. The van der Waals surface area contributed by atoms with Gasteiger partial charge in [0.1, 0.15) is 5.75 Å². The Morgan fingerprint density at radius 3 is 2.68 bits per heavy atom. The van der Waals surface area contributed by atoms with Crippen LogP contribution in [0.5, 0.6) is 5.75 Å². The van der Waals surface area contributed by atoms with Gasteiger partial charge in [-0.3, -0.25) is 0 Å². The second kappa shape index (κ2) is 6.86. The normalized spacial score (nSPS) is 12.4. The summed E-state index contributed by atoms with van der Waals surface area (Å²) >= 11 is 0. The molecule has 0 saturated heterocycles. The number of rotatable bonds is 6. The molecule has 0 unspecified atom stereocenters. The summed E-state index contributed by atoms with van der Waals surface area (Å²) in [6.45, 7) is 8.34. The van der Waals surface area contributed by atoms with E-state index in [1.807, 2.05) is 43.7 Å². The molecule has 2 aromatic rings. The standard InChI is InChI=1S/C18H25NO3/c1-6-8-12(3)22-14-9-10-16-15(11-14)17(13(4)19(16)5)18(20)21-7-2/h9-12H,6-8H2,1-5H3/t12-/m0/s1. The van der Waals surface area contributed by atoms with Gasteiger partial charge in [0.25, 0.3) is 0 Å². The molecule has 22 heavy (non-hydrogen) atoms. The fourth-order valence-corrected chi connectivity index (χ4v) is 2.78. The quantitative estimate of drug-likeness (QED) is 0.750. The first-order valence-corrected chi connectivity index (χ1v) is 7.92. The largest absolute Gasteiger partial charge is 0.491 e. The van der Waals surface area contributed by atoms with E-state index in [1.54, 1.807) is 0 Å². The molecule has 1 aromatic carbocycles. The van der Waals surface area contributed by atoms with Gasteiger partial charge in [0.2, 0.25) is 0 Å². The summed E-state index contributed by atoms with van der Waals surface area (Å²) in [5, 5.41) is 0.889. The Bertz CT molecular complexity index is 673. The molecule has 120 valence electrons. The summed E-state index contributed by atoms with van der Waals surface area (Å²) in [6.07, 6.45) is 2.26. The Morgan fingerprint density at radius 1 is 1.32 bits per heavy atom. The predicted molar refractivity (Wildman–Crippen MR) is 88.6 cm³/mol. The minimum absolute atomic E-state index is 0.165. The lowest BCUT2D eigenvalue weighted by atomic mass is 10.1. The average molecular weight is 303 g/mol. The second-order valence-electron chi connectivity index (χ2n) is 5.64. The minimum Gasteiger partial charge on any atom is -0.491 e. The zero-order valence-corrected chi connectivity index (χ0v) is 14.1. The Morgan fingerprint density at radius 2 is 2.05 bits per heavy atom. The molecule has 0 N–H and O–H groups in total. The Labute approximate surface area is 132 Å². The van der Waals surface area contributed by atoms with Gasteiger partial charge in [0.15, 0.2) is 0 Å². The smallest absolute Gasteiger partial charge is 0.340 e. The van der Waals surface area contributed by atoms with Crippen LogP contribution in [0.25, 0.3) is 10.9 Å². The molecule has 0 amide bonds. The van der Waals surface area contributed by atoms with E-state index >= 15 is 0 Å². The van der Waals surface area contributed by atoms with Crippen LogP contribution in [0, 0.1) is 6.92 Å². The number of aromatic nitrogens is 1. The lowest BCUT2D eigenvalue weighted by Gasteiger charge is -2.14. The first-order chi connectivity index (χ1) is 10.5. The van der Waals surface area contributed by atoms with Crippen molar-refractivity contribution in [1.82, 2.24) is 4.57 Å². The van der Waals surface area contributed by atoms with Gasteiger partial charge in [0.05, 0.1) is 18.3 Å². The fourth-order valence-electron chi connectivity index (χ4n) is 2.78. The lowest BCUT2D eigenvalue weighted by molar-refractivity contribution is 0.0527. The molecule has 1 heterocycles.